The monoisotopic (exact) mass is 287 g/mol. The van der Waals surface area contributed by atoms with Crippen LogP contribution >= 0.6 is 0 Å². The molecule has 0 bridgehead atoms. The molecule has 116 valence electrons. The Morgan fingerprint density at radius 3 is 2.43 bits per heavy atom. The van der Waals surface area contributed by atoms with E-state index in [2.05, 4.69) is 30.4 Å². The van der Waals surface area contributed by atoms with Gasteiger partial charge in [-0.3, -0.25) is 0 Å². The van der Waals surface area contributed by atoms with Gasteiger partial charge in [0, 0.05) is 17.6 Å². The van der Waals surface area contributed by atoms with Crippen molar-refractivity contribution >= 4 is 0 Å². The molecular formula is C19H29NO. The first-order valence-corrected chi connectivity index (χ1v) is 8.61. The van der Waals surface area contributed by atoms with Crippen LogP contribution in [-0.2, 0) is 0 Å². The predicted octanol–water partition coefficient (Wildman–Crippen LogP) is 4.85. The summed E-state index contributed by atoms with van der Waals surface area (Å²) < 4.78 is 5.49. The molecule has 2 saturated carbocycles. The van der Waals surface area contributed by atoms with Crippen molar-refractivity contribution in [2.75, 3.05) is 7.11 Å². The molecule has 0 radical (unpaired) electrons. The van der Waals surface area contributed by atoms with E-state index in [1.54, 1.807) is 7.11 Å². The van der Waals surface area contributed by atoms with Crippen LogP contribution in [0.3, 0.4) is 0 Å². The molecule has 2 nitrogen and oxygen atoms in total. The summed E-state index contributed by atoms with van der Waals surface area (Å²) in [5, 5.41) is 3.84. The Hall–Kier alpha value is -1.02. The Bertz CT molecular complexity index is 454. The second-order valence-corrected chi connectivity index (χ2v) is 7.11. The molecule has 1 aromatic rings. The van der Waals surface area contributed by atoms with Crippen LogP contribution in [0.2, 0.25) is 0 Å². The van der Waals surface area contributed by atoms with Gasteiger partial charge in [-0.05, 0) is 56.9 Å². The highest BCUT2D eigenvalue weighted by molar-refractivity contribution is 5.35. The summed E-state index contributed by atoms with van der Waals surface area (Å²) in [5.74, 6) is 1.00. The fourth-order valence-electron chi connectivity index (χ4n) is 4.49. The average Bonchev–Trinajstić information content (AvgIpc) is 2.98. The number of para-hydroxylation sites is 1. The summed E-state index contributed by atoms with van der Waals surface area (Å²) in [7, 11) is 1.76. The third kappa shape index (κ3) is 3.26. The largest absolute Gasteiger partial charge is 0.496 e. The van der Waals surface area contributed by atoms with Crippen LogP contribution in [0.25, 0.3) is 0 Å². The fourth-order valence-corrected chi connectivity index (χ4v) is 4.49. The minimum absolute atomic E-state index is 0.365. The lowest BCUT2D eigenvalue weighted by molar-refractivity contribution is 0.163. The molecule has 3 rings (SSSR count). The van der Waals surface area contributed by atoms with Gasteiger partial charge in [0.1, 0.15) is 5.75 Å². The van der Waals surface area contributed by atoms with Gasteiger partial charge < -0.3 is 10.1 Å². The van der Waals surface area contributed by atoms with E-state index in [0.29, 0.717) is 12.1 Å². The van der Waals surface area contributed by atoms with Crippen molar-refractivity contribution in [3.63, 3.8) is 0 Å². The normalized spacial score (nSPS) is 23.3. The van der Waals surface area contributed by atoms with E-state index in [4.69, 9.17) is 4.74 Å². The Morgan fingerprint density at radius 1 is 1.10 bits per heavy atom. The third-order valence-corrected chi connectivity index (χ3v) is 5.80. The Morgan fingerprint density at radius 2 is 1.76 bits per heavy atom. The van der Waals surface area contributed by atoms with Gasteiger partial charge in [-0.2, -0.15) is 0 Å². The van der Waals surface area contributed by atoms with Crippen LogP contribution < -0.4 is 10.1 Å². The molecule has 0 amide bonds. The average molecular weight is 287 g/mol. The van der Waals surface area contributed by atoms with Gasteiger partial charge in [-0.25, -0.2) is 0 Å². The maximum Gasteiger partial charge on any atom is 0.123 e. The number of methoxy groups -OCH3 is 1. The summed E-state index contributed by atoms with van der Waals surface area (Å²) >= 11 is 0. The maximum absolute atomic E-state index is 5.49. The van der Waals surface area contributed by atoms with Crippen molar-refractivity contribution in [1.29, 1.82) is 0 Å². The number of benzene rings is 1. The van der Waals surface area contributed by atoms with E-state index < -0.39 is 0 Å². The number of nitrogens with one attached hydrogen (secondary N) is 1. The predicted molar refractivity (Wildman–Crippen MR) is 87.7 cm³/mol. The number of rotatable bonds is 4. The molecule has 1 spiro atoms. The zero-order chi connectivity index (χ0) is 14.7. The standard InChI is InChI=1S/C19H29NO/c1-15(17-7-3-4-8-18(17)21-2)20-16-9-13-19(14-10-16)11-5-6-12-19/h3-4,7-8,15-16,20H,5-6,9-14H2,1-2H3/t15-/m0/s1. The molecule has 21 heavy (non-hydrogen) atoms. The first kappa shape index (κ1) is 14.9. The van der Waals surface area contributed by atoms with Crippen LogP contribution in [0, 0.1) is 5.41 Å². The quantitative estimate of drug-likeness (QED) is 0.855. The molecule has 0 unspecified atom stereocenters. The second kappa shape index (κ2) is 6.39. The van der Waals surface area contributed by atoms with E-state index in [-0.39, 0.29) is 0 Å². The van der Waals surface area contributed by atoms with Gasteiger partial charge in [0.15, 0.2) is 0 Å². The Labute approximate surface area is 129 Å². The van der Waals surface area contributed by atoms with E-state index in [1.165, 1.54) is 56.9 Å². The minimum atomic E-state index is 0.365. The SMILES string of the molecule is COc1ccccc1[C@H](C)NC1CCC2(CCCC2)CC1. The van der Waals surface area contributed by atoms with E-state index >= 15 is 0 Å². The van der Waals surface area contributed by atoms with E-state index in [0.717, 1.165) is 11.2 Å². The smallest absolute Gasteiger partial charge is 0.123 e. The first-order valence-electron chi connectivity index (χ1n) is 8.61. The van der Waals surface area contributed by atoms with E-state index in [9.17, 15) is 0 Å². The number of hydrogen-bond acceptors (Lipinski definition) is 2. The molecule has 1 aromatic carbocycles. The summed E-state index contributed by atoms with van der Waals surface area (Å²) in [6, 6.07) is 9.42. The summed E-state index contributed by atoms with van der Waals surface area (Å²) in [6.07, 6.45) is 11.5. The zero-order valence-corrected chi connectivity index (χ0v) is 13.5. The van der Waals surface area contributed by atoms with Crippen LogP contribution in [-0.4, -0.2) is 13.2 Å². The molecule has 2 fully saturated rings. The Balaban J connectivity index is 1.57. The zero-order valence-electron chi connectivity index (χ0n) is 13.5. The van der Waals surface area contributed by atoms with Crippen LogP contribution in [0.1, 0.15) is 69.9 Å². The molecule has 0 aliphatic heterocycles. The fraction of sp³-hybridized carbons (Fsp3) is 0.684. The van der Waals surface area contributed by atoms with Gasteiger partial charge in [0.25, 0.3) is 0 Å². The highest BCUT2D eigenvalue weighted by Crippen LogP contribution is 2.49. The molecule has 2 aliphatic rings. The van der Waals surface area contributed by atoms with Gasteiger partial charge in [0.05, 0.1) is 7.11 Å². The van der Waals surface area contributed by atoms with Crippen LogP contribution in [0.4, 0.5) is 0 Å². The van der Waals surface area contributed by atoms with Gasteiger partial charge in [0.2, 0.25) is 0 Å². The molecule has 0 saturated heterocycles. The second-order valence-electron chi connectivity index (χ2n) is 7.11. The maximum atomic E-state index is 5.49. The van der Waals surface area contributed by atoms with Crippen molar-refractivity contribution in [2.24, 2.45) is 5.41 Å². The van der Waals surface area contributed by atoms with Crippen molar-refractivity contribution in [3.05, 3.63) is 29.8 Å². The number of ether oxygens (including phenoxy) is 1. The topological polar surface area (TPSA) is 21.3 Å². The van der Waals surface area contributed by atoms with Crippen molar-refractivity contribution < 1.29 is 4.74 Å². The van der Waals surface area contributed by atoms with Crippen molar-refractivity contribution in [2.45, 2.75) is 70.4 Å². The van der Waals surface area contributed by atoms with E-state index in [1.807, 2.05) is 6.07 Å². The molecule has 1 N–H and O–H groups in total. The summed E-state index contributed by atoms with van der Waals surface area (Å²) in [5.41, 5.74) is 2.01. The lowest BCUT2D eigenvalue weighted by Crippen LogP contribution is -2.38. The summed E-state index contributed by atoms with van der Waals surface area (Å²) in [6.45, 7) is 2.26. The van der Waals surface area contributed by atoms with Crippen LogP contribution in [0.15, 0.2) is 24.3 Å². The molecular weight excluding hydrogens is 258 g/mol. The molecule has 2 heteroatoms. The molecule has 0 aromatic heterocycles. The molecule has 2 aliphatic carbocycles. The van der Waals surface area contributed by atoms with Gasteiger partial charge in [-0.15, -0.1) is 0 Å². The molecule has 0 heterocycles. The lowest BCUT2D eigenvalue weighted by Gasteiger charge is -2.38. The highest BCUT2D eigenvalue weighted by Gasteiger charge is 2.37. The Kier molecular flexibility index (Phi) is 4.54. The third-order valence-electron chi connectivity index (χ3n) is 5.80. The summed E-state index contributed by atoms with van der Waals surface area (Å²) in [4.78, 5) is 0. The first-order chi connectivity index (χ1) is 10.2. The highest BCUT2D eigenvalue weighted by atomic mass is 16.5. The lowest BCUT2D eigenvalue weighted by atomic mass is 9.71. The molecule has 1 atom stereocenters. The van der Waals surface area contributed by atoms with Gasteiger partial charge in [-0.1, -0.05) is 31.0 Å². The minimum Gasteiger partial charge on any atom is -0.496 e. The van der Waals surface area contributed by atoms with Crippen molar-refractivity contribution in [3.8, 4) is 5.75 Å². The van der Waals surface area contributed by atoms with Crippen LogP contribution in [0.5, 0.6) is 5.75 Å². The van der Waals surface area contributed by atoms with Gasteiger partial charge >= 0.3 is 0 Å². The number of hydrogen-bond donors (Lipinski definition) is 1. The van der Waals surface area contributed by atoms with Crippen molar-refractivity contribution in [1.82, 2.24) is 5.32 Å².